The van der Waals surface area contributed by atoms with Gasteiger partial charge in [-0.1, -0.05) is 12.8 Å². The van der Waals surface area contributed by atoms with Crippen molar-refractivity contribution in [2.45, 2.75) is 44.8 Å². The van der Waals surface area contributed by atoms with Gasteiger partial charge < -0.3 is 10.4 Å². The van der Waals surface area contributed by atoms with Crippen molar-refractivity contribution in [2.24, 2.45) is 0 Å². The van der Waals surface area contributed by atoms with Crippen LogP contribution in [-0.4, -0.2) is 32.5 Å². The molecule has 1 fully saturated rings. The van der Waals surface area contributed by atoms with Crippen LogP contribution in [0.3, 0.4) is 0 Å². The standard InChI is InChI=1S/C14H17N3O3S/c1-8-7-21-14-15-6-9(13(20)17(8)14)12(19)16-10-4-2-3-5-11(10)18/h6-7,10-11,18H,2-5H2,1H3,(H,16,19). The average molecular weight is 307 g/mol. The van der Waals surface area contributed by atoms with Crippen LogP contribution in [0.25, 0.3) is 4.96 Å². The quantitative estimate of drug-likeness (QED) is 0.870. The van der Waals surface area contributed by atoms with Crippen molar-refractivity contribution in [2.75, 3.05) is 0 Å². The Hall–Kier alpha value is -1.73. The Morgan fingerprint density at radius 1 is 1.48 bits per heavy atom. The highest BCUT2D eigenvalue weighted by Crippen LogP contribution is 2.18. The Morgan fingerprint density at radius 3 is 3.00 bits per heavy atom. The van der Waals surface area contributed by atoms with Crippen LogP contribution in [0.2, 0.25) is 0 Å². The number of rotatable bonds is 2. The van der Waals surface area contributed by atoms with Gasteiger partial charge in [0, 0.05) is 17.3 Å². The Morgan fingerprint density at radius 2 is 2.24 bits per heavy atom. The van der Waals surface area contributed by atoms with Crippen molar-refractivity contribution >= 4 is 22.2 Å². The third-order valence-electron chi connectivity index (χ3n) is 3.91. The van der Waals surface area contributed by atoms with Gasteiger partial charge in [0.1, 0.15) is 5.56 Å². The molecule has 7 heteroatoms. The minimum absolute atomic E-state index is 0.0202. The molecule has 0 saturated heterocycles. The molecular weight excluding hydrogens is 290 g/mol. The molecule has 2 aromatic heterocycles. The highest BCUT2D eigenvalue weighted by atomic mass is 32.1. The molecule has 3 rings (SSSR count). The molecule has 21 heavy (non-hydrogen) atoms. The molecule has 1 saturated carbocycles. The number of aromatic nitrogens is 2. The zero-order valence-corrected chi connectivity index (χ0v) is 12.5. The van der Waals surface area contributed by atoms with Gasteiger partial charge in [0.2, 0.25) is 0 Å². The lowest BCUT2D eigenvalue weighted by Crippen LogP contribution is -2.46. The number of carbonyl (C=O) groups is 1. The summed E-state index contributed by atoms with van der Waals surface area (Å²) in [6.07, 6.45) is 4.15. The molecule has 2 N–H and O–H groups in total. The molecule has 1 aliphatic carbocycles. The van der Waals surface area contributed by atoms with Gasteiger partial charge in [0.05, 0.1) is 12.1 Å². The molecule has 112 valence electrons. The molecule has 0 spiro atoms. The Kier molecular flexibility index (Phi) is 3.77. The summed E-state index contributed by atoms with van der Waals surface area (Å²) in [6.45, 7) is 1.80. The van der Waals surface area contributed by atoms with E-state index in [1.807, 2.05) is 5.38 Å². The van der Waals surface area contributed by atoms with Crippen LogP contribution < -0.4 is 10.9 Å². The monoisotopic (exact) mass is 307 g/mol. The number of amides is 1. The fourth-order valence-electron chi connectivity index (χ4n) is 2.71. The van der Waals surface area contributed by atoms with Crippen molar-refractivity contribution in [1.29, 1.82) is 0 Å². The first-order valence-corrected chi connectivity index (χ1v) is 7.90. The highest BCUT2D eigenvalue weighted by Gasteiger charge is 2.26. The van der Waals surface area contributed by atoms with E-state index in [0.29, 0.717) is 11.4 Å². The number of fused-ring (bicyclic) bond motifs is 1. The molecule has 2 unspecified atom stereocenters. The van der Waals surface area contributed by atoms with Gasteiger partial charge in [0.15, 0.2) is 4.96 Å². The number of aliphatic hydroxyl groups excluding tert-OH is 1. The van der Waals surface area contributed by atoms with Crippen molar-refractivity contribution in [1.82, 2.24) is 14.7 Å². The third-order valence-corrected chi connectivity index (χ3v) is 4.86. The summed E-state index contributed by atoms with van der Waals surface area (Å²) in [4.78, 5) is 29.4. The van der Waals surface area contributed by atoms with E-state index < -0.39 is 12.0 Å². The second kappa shape index (κ2) is 5.57. The molecule has 1 amide bonds. The van der Waals surface area contributed by atoms with Gasteiger partial charge >= 0.3 is 0 Å². The predicted octanol–water partition coefficient (Wildman–Crippen LogP) is 1.10. The lowest BCUT2D eigenvalue weighted by molar-refractivity contribution is 0.0716. The third kappa shape index (κ3) is 2.58. The lowest BCUT2D eigenvalue weighted by atomic mass is 9.92. The van der Waals surface area contributed by atoms with Gasteiger partial charge in [-0.3, -0.25) is 14.0 Å². The molecule has 2 aromatic rings. The molecule has 0 radical (unpaired) electrons. The van der Waals surface area contributed by atoms with Crippen LogP contribution in [0, 0.1) is 6.92 Å². The summed E-state index contributed by atoms with van der Waals surface area (Å²) < 4.78 is 1.44. The average Bonchev–Trinajstić information content (AvgIpc) is 2.84. The maximum Gasteiger partial charge on any atom is 0.271 e. The number of hydrogen-bond donors (Lipinski definition) is 2. The summed E-state index contributed by atoms with van der Waals surface area (Å²) in [6, 6.07) is -0.282. The molecular formula is C14H17N3O3S. The van der Waals surface area contributed by atoms with Gasteiger partial charge in [-0.05, 0) is 19.8 Å². The molecule has 1 aliphatic rings. The summed E-state index contributed by atoms with van der Waals surface area (Å²) in [5.74, 6) is -0.460. The van der Waals surface area contributed by atoms with Crippen LogP contribution in [-0.2, 0) is 0 Å². The molecule has 0 aliphatic heterocycles. The molecule has 6 nitrogen and oxygen atoms in total. The minimum Gasteiger partial charge on any atom is -0.391 e. The Bertz CT molecular complexity index is 737. The molecule has 2 atom stereocenters. The van der Waals surface area contributed by atoms with E-state index in [4.69, 9.17) is 0 Å². The van der Waals surface area contributed by atoms with Crippen LogP contribution in [0.1, 0.15) is 41.7 Å². The zero-order chi connectivity index (χ0) is 15.0. The maximum atomic E-state index is 12.4. The van der Waals surface area contributed by atoms with Crippen LogP contribution in [0.15, 0.2) is 16.4 Å². The van der Waals surface area contributed by atoms with Crippen LogP contribution >= 0.6 is 11.3 Å². The van der Waals surface area contributed by atoms with E-state index in [9.17, 15) is 14.7 Å². The normalized spacial score (nSPS) is 22.4. The van der Waals surface area contributed by atoms with Crippen molar-refractivity contribution < 1.29 is 9.90 Å². The van der Waals surface area contributed by atoms with Crippen molar-refractivity contribution in [3.63, 3.8) is 0 Å². The van der Waals surface area contributed by atoms with Gasteiger partial charge in [0.25, 0.3) is 11.5 Å². The zero-order valence-electron chi connectivity index (χ0n) is 11.7. The Labute approximate surface area is 125 Å². The smallest absolute Gasteiger partial charge is 0.271 e. The fourth-order valence-corrected chi connectivity index (χ4v) is 3.53. The summed E-state index contributed by atoms with van der Waals surface area (Å²) in [5, 5.41) is 14.5. The van der Waals surface area contributed by atoms with E-state index in [1.54, 1.807) is 6.92 Å². The predicted molar refractivity (Wildman–Crippen MR) is 79.8 cm³/mol. The largest absolute Gasteiger partial charge is 0.391 e. The number of nitrogens with one attached hydrogen (secondary N) is 1. The Balaban J connectivity index is 1.89. The molecule has 2 heterocycles. The number of aliphatic hydroxyl groups is 1. The first-order valence-electron chi connectivity index (χ1n) is 7.02. The molecule has 0 bridgehead atoms. The van der Waals surface area contributed by atoms with E-state index in [-0.39, 0.29) is 17.2 Å². The lowest BCUT2D eigenvalue weighted by Gasteiger charge is -2.28. The number of carbonyl (C=O) groups excluding carboxylic acids is 1. The first kappa shape index (κ1) is 14.2. The topological polar surface area (TPSA) is 83.7 Å². The van der Waals surface area contributed by atoms with E-state index in [0.717, 1.165) is 25.0 Å². The SMILES string of the molecule is Cc1csc2ncc(C(=O)NC3CCCCC3O)c(=O)n12. The van der Waals surface area contributed by atoms with Gasteiger partial charge in [-0.2, -0.15) is 0 Å². The van der Waals surface area contributed by atoms with E-state index in [2.05, 4.69) is 10.3 Å². The summed E-state index contributed by atoms with van der Waals surface area (Å²) in [7, 11) is 0. The fraction of sp³-hybridized carbons (Fsp3) is 0.500. The summed E-state index contributed by atoms with van der Waals surface area (Å²) >= 11 is 1.36. The maximum absolute atomic E-state index is 12.4. The van der Waals surface area contributed by atoms with E-state index in [1.165, 1.54) is 21.9 Å². The minimum atomic E-state index is -0.537. The van der Waals surface area contributed by atoms with Gasteiger partial charge in [-0.15, -0.1) is 11.3 Å². The highest BCUT2D eigenvalue weighted by molar-refractivity contribution is 7.15. The number of thiazole rings is 1. The second-order valence-electron chi connectivity index (χ2n) is 5.40. The first-order chi connectivity index (χ1) is 10.1. The van der Waals surface area contributed by atoms with Crippen LogP contribution in [0.4, 0.5) is 0 Å². The number of nitrogens with zero attached hydrogens (tertiary/aromatic N) is 2. The van der Waals surface area contributed by atoms with Gasteiger partial charge in [-0.25, -0.2) is 4.98 Å². The van der Waals surface area contributed by atoms with Crippen LogP contribution in [0.5, 0.6) is 0 Å². The molecule has 0 aromatic carbocycles. The van der Waals surface area contributed by atoms with Crippen molar-refractivity contribution in [3.8, 4) is 0 Å². The second-order valence-corrected chi connectivity index (χ2v) is 6.24. The number of hydrogen-bond acceptors (Lipinski definition) is 5. The van der Waals surface area contributed by atoms with Crippen molar-refractivity contribution in [3.05, 3.63) is 33.2 Å². The van der Waals surface area contributed by atoms with E-state index >= 15 is 0 Å². The number of aryl methyl sites for hydroxylation is 1. The summed E-state index contributed by atoms with van der Waals surface area (Å²) in [5.41, 5.74) is 0.424.